The van der Waals surface area contributed by atoms with Crippen LogP contribution >= 0.6 is 23.1 Å². The minimum absolute atomic E-state index is 0.356. The first-order valence-electron chi connectivity index (χ1n) is 4.50. The minimum atomic E-state index is -0.367. The molecule has 0 aliphatic rings. The monoisotopic (exact) mass is 250 g/mol. The van der Waals surface area contributed by atoms with Gasteiger partial charge in [0.05, 0.1) is 11.6 Å². The molecule has 0 aliphatic carbocycles. The van der Waals surface area contributed by atoms with Crippen LogP contribution in [0.1, 0.15) is 11.1 Å². The molecule has 0 fully saturated rings. The van der Waals surface area contributed by atoms with Crippen molar-refractivity contribution in [2.45, 2.75) is 10.1 Å². The average molecular weight is 250 g/mol. The molecule has 1 heterocycles. The third-order valence-corrected chi connectivity index (χ3v) is 3.90. The molecule has 16 heavy (non-hydrogen) atoms. The summed E-state index contributed by atoms with van der Waals surface area (Å²) in [6.45, 7) is 0. The van der Waals surface area contributed by atoms with E-state index in [1.165, 1.54) is 23.9 Å². The standard InChI is InChI=1S/C11H7FN2S2/c12-10-4-8(6-13)3-9(5-10)7-16-11-14-1-2-15-11/h1-5H,7H2. The summed E-state index contributed by atoms with van der Waals surface area (Å²) in [5, 5.41) is 10.6. The molecule has 1 aromatic carbocycles. The van der Waals surface area contributed by atoms with E-state index >= 15 is 0 Å². The largest absolute Gasteiger partial charge is 0.238 e. The van der Waals surface area contributed by atoms with Crippen molar-refractivity contribution in [1.29, 1.82) is 5.26 Å². The third kappa shape index (κ3) is 2.81. The van der Waals surface area contributed by atoms with Gasteiger partial charge in [0.1, 0.15) is 10.2 Å². The Morgan fingerprint density at radius 3 is 3.00 bits per heavy atom. The Kier molecular flexibility index (Phi) is 3.54. The molecule has 2 nitrogen and oxygen atoms in total. The van der Waals surface area contributed by atoms with Crippen molar-refractivity contribution in [2.24, 2.45) is 0 Å². The molecule has 0 saturated heterocycles. The predicted molar refractivity (Wildman–Crippen MR) is 62.8 cm³/mol. The number of hydrogen-bond acceptors (Lipinski definition) is 4. The van der Waals surface area contributed by atoms with Crippen LogP contribution in [0.3, 0.4) is 0 Å². The molecular weight excluding hydrogens is 243 g/mol. The molecule has 2 rings (SSSR count). The van der Waals surface area contributed by atoms with Gasteiger partial charge >= 0.3 is 0 Å². The number of aromatic nitrogens is 1. The maximum atomic E-state index is 13.1. The highest BCUT2D eigenvalue weighted by molar-refractivity contribution is 8.00. The summed E-state index contributed by atoms with van der Waals surface area (Å²) in [6, 6.07) is 6.32. The normalized spacial score (nSPS) is 10.0. The number of thioether (sulfide) groups is 1. The van der Waals surface area contributed by atoms with Gasteiger partial charge in [-0.1, -0.05) is 11.8 Å². The van der Waals surface area contributed by atoms with E-state index in [-0.39, 0.29) is 5.82 Å². The van der Waals surface area contributed by atoms with Crippen LogP contribution in [0.15, 0.2) is 34.1 Å². The van der Waals surface area contributed by atoms with Crippen LogP contribution in [-0.2, 0) is 5.75 Å². The summed E-state index contributed by atoms with van der Waals surface area (Å²) in [7, 11) is 0. The highest BCUT2D eigenvalue weighted by Gasteiger charge is 2.02. The van der Waals surface area contributed by atoms with E-state index in [0.717, 1.165) is 9.90 Å². The van der Waals surface area contributed by atoms with Crippen LogP contribution in [0.5, 0.6) is 0 Å². The molecule has 80 valence electrons. The van der Waals surface area contributed by atoms with Crippen molar-refractivity contribution in [3.8, 4) is 6.07 Å². The molecule has 1 aromatic heterocycles. The third-order valence-electron chi connectivity index (χ3n) is 1.86. The number of hydrogen-bond donors (Lipinski definition) is 0. The first-order chi connectivity index (χ1) is 7.78. The molecule has 0 unspecified atom stereocenters. The fourth-order valence-corrected chi connectivity index (χ4v) is 2.79. The second-order valence-corrected chi connectivity index (χ2v) is 5.16. The van der Waals surface area contributed by atoms with E-state index in [4.69, 9.17) is 5.26 Å². The minimum Gasteiger partial charge on any atom is -0.238 e. The fourth-order valence-electron chi connectivity index (χ4n) is 1.22. The summed E-state index contributed by atoms with van der Waals surface area (Å²) in [5.74, 6) is 0.258. The molecular formula is C11H7FN2S2. The van der Waals surface area contributed by atoms with Gasteiger partial charge in [-0.05, 0) is 23.8 Å². The first-order valence-corrected chi connectivity index (χ1v) is 6.36. The topological polar surface area (TPSA) is 36.7 Å². The van der Waals surface area contributed by atoms with E-state index in [2.05, 4.69) is 4.98 Å². The van der Waals surface area contributed by atoms with Gasteiger partial charge < -0.3 is 0 Å². The van der Waals surface area contributed by atoms with Gasteiger partial charge in [-0.15, -0.1) is 11.3 Å². The molecule has 0 atom stereocenters. The summed E-state index contributed by atoms with van der Waals surface area (Å²) in [4.78, 5) is 4.12. The molecule has 0 spiro atoms. The lowest BCUT2D eigenvalue weighted by Crippen LogP contribution is -1.86. The lowest BCUT2D eigenvalue weighted by Gasteiger charge is -2.00. The van der Waals surface area contributed by atoms with Crippen molar-refractivity contribution < 1.29 is 4.39 Å². The van der Waals surface area contributed by atoms with E-state index in [1.54, 1.807) is 23.6 Å². The molecule has 0 amide bonds. The van der Waals surface area contributed by atoms with Crippen molar-refractivity contribution >= 4 is 23.1 Å². The Morgan fingerprint density at radius 1 is 1.44 bits per heavy atom. The zero-order valence-electron chi connectivity index (χ0n) is 8.18. The number of nitriles is 1. The van der Waals surface area contributed by atoms with Gasteiger partial charge in [0, 0.05) is 17.3 Å². The summed E-state index contributed by atoms with van der Waals surface area (Å²) in [6.07, 6.45) is 1.74. The van der Waals surface area contributed by atoms with Crippen LogP contribution in [-0.4, -0.2) is 4.98 Å². The van der Waals surface area contributed by atoms with Crippen LogP contribution in [0.2, 0.25) is 0 Å². The number of nitrogens with zero attached hydrogens (tertiary/aromatic N) is 2. The van der Waals surface area contributed by atoms with E-state index in [9.17, 15) is 4.39 Å². The molecule has 5 heteroatoms. The van der Waals surface area contributed by atoms with Crippen molar-refractivity contribution in [1.82, 2.24) is 4.98 Å². The molecule has 0 aliphatic heterocycles. The SMILES string of the molecule is N#Cc1cc(F)cc(CSc2nccs2)c1. The maximum Gasteiger partial charge on any atom is 0.150 e. The number of thiazole rings is 1. The zero-order chi connectivity index (χ0) is 11.4. The Morgan fingerprint density at radius 2 is 2.31 bits per heavy atom. The van der Waals surface area contributed by atoms with Crippen LogP contribution in [0, 0.1) is 17.1 Å². The van der Waals surface area contributed by atoms with Gasteiger partial charge in [-0.25, -0.2) is 9.37 Å². The maximum absolute atomic E-state index is 13.1. The number of rotatable bonds is 3. The highest BCUT2D eigenvalue weighted by Crippen LogP contribution is 2.25. The van der Waals surface area contributed by atoms with E-state index in [1.807, 2.05) is 11.4 Å². The quantitative estimate of drug-likeness (QED) is 0.783. The Labute approximate surface area is 101 Å². The van der Waals surface area contributed by atoms with Crippen molar-refractivity contribution in [3.05, 3.63) is 46.7 Å². The summed E-state index contributed by atoms with van der Waals surface area (Å²) in [5.41, 5.74) is 1.16. The summed E-state index contributed by atoms with van der Waals surface area (Å²) >= 11 is 3.09. The first kappa shape index (κ1) is 11.1. The zero-order valence-corrected chi connectivity index (χ0v) is 9.82. The Hall–Kier alpha value is -1.38. The van der Waals surface area contributed by atoms with Crippen LogP contribution in [0.25, 0.3) is 0 Å². The van der Waals surface area contributed by atoms with Crippen molar-refractivity contribution in [2.75, 3.05) is 0 Å². The Balaban J connectivity index is 2.10. The molecule has 0 radical (unpaired) electrons. The Bertz CT molecular complexity index is 517. The number of benzene rings is 1. The molecule has 0 N–H and O–H groups in total. The molecule has 0 bridgehead atoms. The van der Waals surface area contributed by atoms with Gasteiger partial charge in [0.25, 0.3) is 0 Å². The average Bonchev–Trinajstić information content (AvgIpc) is 2.78. The van der Waals surface area contributed by atoms with Crippen LogP contribution in [0.4, 0.5) is 4.39 Å². The fraction of sp³-hybridized carbons (Fsp3) is 0.0909. The highest BCUT2D eigenvalue weighted by atomic mass is 32.2. The lowest BCUT2D eigenvalue weighted by molar-refractivity contribution is 0.626. The molecule has 0 saturated carbocycles. The van der Waals surface area contributed by atoms with Gasteiger partial charge in [-0.3, -0.25) is 0 Å². The predicted octanol–water partition coefficient (Wildman–Crippen LogP) is 3.45. The smallest absolute Gasteiger partial charge is 0.150 e. The summed E-state index contributed by atoms with van der Waals surface area (Å²) < 4.78 is 14.1. The van der Waals surface area contributed by atoms with E-state index < -0.39 is 0 Å². The van der Waals surface area contributed by atoms with Crippen LogP contribution < -0.4 is 0 Å². The van der Waals surface area contributed by atoms with Gasteiger partial charge in [0.2, 0.25) is 0 Å². The van der Waals surface area contributed by atoms with Gasteiger partial charge in [0.15, 0.2) is 0 Å². The second kappa shape index (κ2) is 5.10. The van der Waals surface area contributed by atoms with Crippen molar-refractivity contribution in [3.63, 3.8) is 0 Å². The second-order valence-electron chi connectivity index (χ2n) is 3.05. The number of halogens is 1. The van der Waals surface area contributed by atoms with E-state index in [0.29, 0.717) is 11.3 Å². The lowest BCUT2D eigenvalue weighted by atomic mass is 10.1. The van der Waals surface area contributed by atoms with Gasteiger partial charge in [-0.2, -0.15) is 5.26 Å². The molecule has 2 aromatic rings.